The van der Waals surface area contributed by atoms with Crippen LogP contribution in [0.15, 0.2) is 12.4 Å². The number of carbonyl (C=O) groups excluding carboxylic acids is 1. The van der Waals surface area contributed by atoms with Crippen LogP contribution in [-0.4, -0.2) is 27.8 Å². The number of hydrogen-bond donors (Lipinski definition) is 2. The first-order valence-electron chi connectivity index (χ1n) is 8.79. The van der Waals surface area contributed by atoms with Crippen molar-refractivity contribution in [2.45, 2.75) is 75.8 Å². The van der Waals surface area contributed by atoms with Crippen molar-refractivity contribution in [2.24, 2.45) is 5.73 Å². The van der Waals surface area contributed by atoms with Crippen LogP contribution < -0.4 is 11.1 Å². The van der Waals surface area contributed by atoms with Crippen LogP contribution in [0.1, 0.15) is 80.6 Å². The number of carbonyl (C=O) groups is 1. The van der Waals surface area contributed by atoms with Crippen LogP contribution in [0.2, 0.25) is 0 Å². The molecule has 7 heteroatoms. The summed E-state index contributed by atoms with van der Waals surface area (Å²) in [6.07, 6.45) is 15.4. The molecular weight excluding hydrogens is 347 g/mol. The monoisotopic (exact) mass is 376 g/mol. The van der Waals surface area contributed by atoms with E-state index in [9.17, 15) is 4.79 Å². The molecule has 24 heavy (non-hydrogen) atoms. The van der Waals surface area contributed by atoms with E-state index in [1.54, 1.807) is 6.20 Å². The van der Waals surface area contributed by atoms with E-state index in [0.717, 1.165) is 25.7 Å². The highest BCUT2D eigenvalue weighted by molar-refractivity contribution is 5.94. The summed E-state index contributed by atoms with van der Waals surface area (Å²) in [6, 6.07) is 0.466. The lowest BCUT2D eigenvalue weighted by Gasteiger charge is -2.37. The molecule has 1 amide bonds. The Labute approximate surface area is 156 Å². The molecule has 2 saturated carbocycles. The zero-order valence-corrected chi connectivity index (χ0v) is 15.8. The van der Waals surface area contributed by atoms with Crippen molar-refractivity contribution < 1.29 is 4.79 Å². The van der Waals surface area contributed by atoms with Gasteiger partial charge in [-0.15, -0.1) is 24.8 Å². The normalized spacial score (nSPS) is 20.5. The first-order valence-corrected chi connectivity index (χ1v) is 8.79. The molecule has 0 radical (unpaired) electrons. The third-order valence-corrected chi connectivity index (χ3v) is 5.39. The molecule has 0 unspecified atom stereocenters. The molecule has 1 aromatic heterocycles. The predicted octanol–water partition coefficient (Wildman–Crippen LogP) is 3.62. The van der Waals surface area contributed by atoms with Crippen LogP contribution in [0.4, 0.5) is 0 Å². The molecule has 0 bridgehead atoms. The van der Waals surface area contributed by atoms with Gasteiger partial charge in [0.05, 0.1) is 23.3 Å². The van der Waals surface area contributed by atoms with Crippen molar-refractivity contribution in [2.75, 3.05) is 6.54 Å². The van der Waals surface area contributed by atoms with E-state index in [1.165, 1.54) is 38.5 Å². The fraction of sp³-hybridized carbons (Fsp3) is 0.765. The summed E-state index contributed by atoms with van der Waals surface area (Å²) >= 11 is 0. The quantitative estimate of drug-likeness (QED) is 0.842. The molecule has 1 heterocycles. The molecule has 0 aliphatic heterocycles. The average Bonchev–Trinajstić information content (AvgIpc) is 3.07. The largest absolute Gasteiger partial charge is 0.345 e. The highest BCUT2D eigenvalue weighted by Gasteiger charge is 2.32. The molecule has 1 aromatic rings. The average molecular weight is 377 g/mol. The Bertz CT molecular complexity index is 508. The number of hydrogen-bond acceptors (Lipinski definition) is 3. The van der Waals surface area contributed by atoms with Crippen molar-refractivity contribution >= 4 is 30.7 Å². The molecule has 138 valence electrons. The maximum Gasteiger partial charge on any atom is 0.254 e. The van der Waals surface area contributed by atoms with Crippen molar-refractivity contribution in [3.63, 3.8) is 0 Å². The summed E-state index contributed by atoms with van der Waals surface area (Å²) in [5.41, 5.74) is 6.42. The van der Waals surface area contributed by atoms with Gasteiger partial charge in [-0.05, 0) is 25.7 Å². The zero-order valence-electron chi connectivity index (χ0n) is 14.2. The van der Waals surface area contributed by atoms with Gasteiger partial charge in [-0.25, -0.2) is 0 Å². The summed E-state index contributed by atoms with van der Waals surface area (Å²) < 4.78 is 1.99. The smallest absolute Gasteiger partial charge is 0.254 e. The van der Waals surface area contributed by atoms with Crippen LogP contribution in [0, 0.1) is 0 Å². The minimum absolute atomic E-state index is 0. The number of halogens is 2. The van der Waals surface area contributed by atoms with Gasteiger partial charge in [0.2, 0.25) is 0 Å². The number of aromatic nitrogens is 2. The van der Waals surface area contributed by atoms with E-state index >= 15 is 0 Å². The second-order valence-corrected chi connectivity index (χ2v) is 7.00. The third-order valence-electron chi connectivity index (χ3n) is 5.39. The Kier molecular flexibility index (Phi) is 8.54. The lowest BCUT2D eigenvalue weighted by Crippen LogP contribution is -2.54. The first-order chi connectivity index (χ1) is 10.7. The Morgan fingerprint density at radius 3 is 2.42 bits per heavy atom. The molecule has 2 fully saturated rings. The van der Waals surface area contributed by atoms with Crippen LogP contribution in [-0.2, 0) is 0 Å². The predicted molar refractivity (Wildman–Crippen MR) is 101 cm³/mol. The van der Waals surface area contributed by atoms with Crippen LogP contribution in [0.25, 0.3) is 0 Å². The molecule has 3 N–H and O–H groups in total. The molecule has 2 aliphatic rings. The highest BCUT2D eigenvalue weighted by Crippen LogP contribution is 2.29. The van der Waals surface area contributed by atoms with Gasteiger partial charge < -0.3 is 11.1 Å². The summed E-state index contributed by atoms with van der Waals surface area (Å²) in [5.74, 6) is -0.0191. The van der Waals surface area contributed by atoms with E-state index in [0.29, 0.717) is 18.2 Å². The summed E-state index contributed by atoms with van der Waals surface area (Å²) in [5, 5.41) is 7.62. The van der Waals surface area contributed by atoms with Crippen molar-refractivity contribution in [1.29, 1.82) is 0 Å². The van der Waals surface area contributed by atoms with Crippen LogP contribution in [0.5, 0.6) is 0 Å². The Morgan fingerprint density at radius 1 is 1.17 bits per heavy atom. The van der Waals surface area contributed by atoms with E-state index in [4.69, 9.17) is 5.73 Å². The summed E-state index contributed by atoms with van der Waals surface area (Å²) in [6.45, 7) is 0.523. The topological polar surface area (TPSA) is 72.9 Å². The Hall–Kier alpha value is -0.780. The fourth-order valence-electron chi connectivity index (χ4n) is 3.92. The van der Waals surface area contributed by atoms with Crippen LogP contribution in [0.3, 0.4) is 0 Å². The molecule has 3 rings (SSSR count). The van der Waals surface area contributed by atoms with Gasteiger partial charge in [0.1, 0.15) is 0 Å². The van der Waals surface area contributed by atoms with E-state index in [2.05, 4.69) is 10.4 Å². The minimum atomic E-state index is -0.206. The highest BCUT2D eigenvalue weighted by atomic mass is 35.5. The number of nitrogens with zero attached hydrogens (tertiary/aromatic N) is 2. The molecule has 5 nitrogen and oxygen atoms in total. The second-order valence-electron chi connectivity index (χ2n) is 7.00. The van der Waals surface area contributed by atoms with Gasteiger partial charge in [-0.1, -0.05) is 38.5 Å². The number of amides is 1. The third kappa shape index (κ3) is 4.87. The molecule has 0 spiro atoms. The van der Waals surface area contributed by atoms with E-state index in [1.807, 2.05) is 10.9 Å². The lowest BCUT2D eigenvalue weighted by molar-refractivity contribution is 0.0874. The van der Waals surface area contributed by atoms with Gasteiger partial charge in [0, 0.05) is 12.7 Å². The molecule has 0 saturated heterocycles. The van der Waals surface area contributed by atoms with E-state index in [-0.39, 0.29) is 36.3 Å². The van der Waals surface area contributed by atoms with Crippen LogP contribution >= 0.6 is 24.8 Å². The summed E-state index contributed by atoms with van der Waals surface area (Å²) in [4.78, 5) is 12.6. The van der Waals surface area contributed by atoms with Gasteiger partial charge in [0.15, 0.2) is 0 Å². The standard InChI is InChI=1S/C17H28N4O.2ClH/c18-13-17(9-5-2-6-10-17)20-16(22)14-11-19-21(12-14)15-7-3-1-4-8-15;;/h11-12,15H,1-10,13,18H2,(H,20,22);2*1H. The first kappa shape index (κ1) is 21.3. The Balaban J connectivity index is 0.00000144. The maximum absolute atomic E-state index is 12.6. The zero-order chi connectivity index (χ0) is 15.4. The number of nitrogens with one attached hydrogen (secondary N) is 1. The van der Waals surface area contributed by atoms with Crippen molar-refractivity contribution in [3.8, 4) is 0 Å². The minimum Gasteiger partial charge on any atom is -0.345 e. The van der Waals surface area contributed by atoms with Gasteiger partial charge in [-0.2, -0.15) is 5.10 Å². The SMILES string of the molecule is Cl.Cl.NCC1(NC(=O)c2cnn(C3CCCCC3)c2)CCCCC1. The molecule has 0 aromatic carbocycles. The molecule has 2 aliphatic carbocycles. The van der Waals surface area contributed by atoms with Crippen molar-refractivity contribution in [3.05, 3.63) is 18.0 Å². The van der Waals surface area contributed by atoms with Gasteiger partial charge in [0.25, 0.3) is 5.91 Å². The van der Waals surface area contributed by atoms with Gasteiger partial charge >= 0.3 is 0 Å². The van der Waals surface area contributed by atoms with Crippen molar-refractivity contribution in [1.82, 2.24) is 15.1 Å². The van der Waals surface area contributed by atoms with Gasteiger partial charge in [-0.3, -0.25) is 9.48 Å². The molecule has 0 atom stereocenters. The van der Waals surface area contributed by atoms with E-state index < -0.39 is 0 Å². The fourth-order valence-corrected chi connectivity index (χ4v) is 3.92. The summed E-state index contributed by atoms with van der Waals surface area (Å²) in [7, 11) is 0. The number of nitrogens with two attached hydrogens (primary N) is 1. The number of rotatable bonds is 4. The second kappa shape index (κ2) is 9.64. The maximum atomic E-state index is 12.6. The lowest BCUT2D eigenvalue weighted by atomic mass is 9.81. The Morgan fingerprint density at radius 2 is 1.79 bits per heavy atom. The molecular formula is C17H30Cl2N4O.